The van der Waals surface area contributed by atoms with Crippen LogP contribution < -0.4 is 10.6 Å². The Balaban J connectivity index is 1.52. The Bertz CT molecular complexity index is 723. The van der Waals surface area contributed by atoms with Crippen molar-refractivity contribution in [2.24, 2.45) is 11.8 Å². The van der Waals surface area contributed by atoms with Gasteiger partial charge in [0.1, 0.15) is 6.04 Å². The Hall–Kier alpha value is -1.90. The van der Waals surface area contributed by atoms with Crippen LogP contribution in [0.5, 0.6) is 0 Å². The van der Waals surface area contributed by atoms with Crippen molar-refractivity contribution in [3.05, 3.63) is 35.4 Å². The van der Waals surface area contributed by atoms with Gasteiger partial charge in [0, 0.05) is 6.42 Å². The van der Waals surface area contributed by atoms with Crippen molar-refractivity contribution < 1.29 is 24.0 Å². The molecular formula is C22H33BN2O5. The van der Waals surface area contributed by atoms with Gasteiger partial charge in [0.25, 0.3) is 0 Å². The molecule has 0 aromatic heterocycles. The monoisotopic (exact) mass is 416 g/mol. The molecule has 1 heterocycles. The number of nitrogens with one attached hydrogen (secondary N) is 2. The summed E-state index contributed by atoms with van der Waals surface area (Å²) in [6, 6.07) is 7.35. The van der Waals surface area contributed by atoms with Crippen LogP contribution >= 0.6 is 0 Å². The molecule has 164 valence electrons. The van der Waals surface area contributed by atoms with Gasteiger partial charge >= 0.3 is 7.12 Å². The molecule has 1 aliphatic carbocycles. The maximum atomic E-state index is 12.7. The van der Waals surface area contributed by atoms with Crippen LogP contribution in [-0.2, 0) is 31.7 Å². The van der Waals surface area contributed by atoms with E-state index in [4.69, 9.17) is 9.31 Å². The molecule has 1 aliphatic heterocycles. The van der Waals surface area contributed by atoms with Gasteiger partial charge in [0.05, 0.1) is 25.8 Å². The molecule has 1 aromatic rings. The lowest BCUT2D eigenvalue weighted by atomic mass is 9.74. The fourth-order valence-corrected chi connectivity index (χ4v) is 4.30. The molecule has 8 heteroatoms. The fraction of sp³-hybridized carbons (Fsp3) is 0.636. The predicted molar refractivity (Wildman–Crippen MR) is 115 cm³/mol. The highest BCUT2D eigenvalue weighted by Gasteiger charge is 2.37. The van der Waals surface area contributed by atoms with Gasteiger partial charge in [-0.05, 0) is 48.6 Å². The number of rotatable bonds is 9. The van der Waals surface area contributed by atoms with Gasteiger partial charge in [0.2, 0.25) is 11.8 Å². The van der Waals surface area contributed by atoms with Gasteiger partial charge in [0.15, 0.2) is 0 Å². The van der Waals surface area contributed by atoms with Crippen LogP contribution in [0.3, 0.4) is 0 Å². The maximum absolute atomic E-state index is 12.7. The number of carbonyl (C=O) groups excluding carboxylic acids is 2. The Morgan fingerprint density at radius 1 is 1.17 bits per heavy atom. The lowest BCUT2D eigenvalue weighted by Gasteiger charge is -2.26. The van der Waals surface area contributed by atoms with Gasteiger partial charge in [-0.2, -0.15) is 0 Å². The zero-order valence-electron chi connectivity index (χ0n) is 17.9. The minimum Gasteiger partial charge on any atom is -0.407 e. The summed E-state index contributed by atoms with van der Waals surface area (Å²) in [4.78, 5) is 25.3. The summed E-state index contributed by atoms with van der Waals surface area (Å²) in [6.45, 7) is 4.66. The third-order valence-electron chi connectivity index (χ3n) is 5.79. The second-order valence-electron chi connectivity index (χ2n) is 8.74. The maximum Gasteiger partial charge on any atom is 0.481 e. The molecule has 3 unspecified atom stereocenters. The lowest BCUT2D eigenvalue weighted by Crippen LogP contribution is -2.55. The van der Waals surface area contributed by atoms with E-state index in [0.29, 0.717) is 32.0 Å². The zero-order chi connectivity index (χ0) is 21.5. The van der Waals surface area contributed by atoms with E-state index < -0.39 is 25.7 Å². The van der Waals surface area contributed by atoms with Crippen molar-refractivity contribution in [3.8, 4) is 0 Å². The molecule has 1 fully saturated rings. The van der Waals surface area contributed by atoms with Crippen LogP contribution in [0, 0.1) is 11.8 Å². The minimum atomic E-state index is -0.982. The summed E-state index contributed by atoms with van der Waals surface area (Å²) in [5.41, 5.74) is 2.65. The third-order valence-corrected chi connectivity index (χ3v) is 5.79. The van der Waals surface area contributed by atoms with Crippen LogP contribution in [0.25, 0.3) is 0 Å². The smallest absolute Gasteiger partial charge is 0.407 e. The minimum absolute atomic E-state index is 0.206. The largest absolute Gasteiger partial charge is 0.481 e. The van der Waals surface area contributed by atoms with E-state index in [1.807, 2.05) is 12.1 Å². The molecule has 3 N–H and O–H groups in total. The number of amides is 2. The van der Waals surface area contributed by atoms with Crippen molar-refractivity contribution >= 4 is 18.9 Å². The first-order valence-corrected chi connectivity index (χ1v) is 11.0. The summed E-state index contributed by atoms with van der Waals surface area (Å²) in [5, 5.41) is 15.3. The molecule has 0 radical (unpaired) electrons. The van der Waals surface area contributed by atoms with E-state index in [1.54, 1.807) is 0 Å². The summed E-state index contributed by atoms with van der Waals surface area (Å²) in [7, 11) is -0.492. The van der Waals surface area contributed by atoms with Gasteiger partial charge in [-0.15, -0.1) is 0 Å². The number of aliphatic hydroxyl groups is 1. The van der Waals surface area contributed by atoms with Crippen LogP contribution in [0.4, 0.5) is 0 Å². The number of aryl methyl sites for hydroxylation is 1. The zero-order valence-corrected chi connectivity index (χ0v) is 17.9. The highest BCUT2D eigenvalue weighted by Crippen LogP contribution is 2.27. The predicted octanol–water partition coefficient (Wildman–Crippen LogP) is 1.26. The molecule has 1 aromatic carbocycles. The van der Waals surface area contributed by atoms with Crippen molar-refractivity contribution in [1.82, 2.24) is 10.6 Å². The topological polar surface area (TPSA) is 96.9 Å². The second kappa shape index (κ2) is 10.9. The number of hydrogen-bond acceptors (Lipinski definition) is 5. The summed E-state index contributed by atoms with van der Waals surface area (Å²) >= 11 is 0. The number of benzene rings is 1. The molecule has 2 amide bonds. The standard InChI is InChI=1S/C22H33BN2O5/c1-15(2)11-20(23-29-9-10-30-23)25-22(28)19(14-26)24-21(27)13-16-7-8-17-5-3-4-6-18(17)12-16/h3-6,15-16,19-20,26H,7-14H2,1-2H3,(H,24,27)(H,25,28). The van der Waals surface area contributed by atoms with Crippen LogP contribution in [0.1, 0.15) is 44.2 Å². The summed E-state index contributed by atoms with van der Waals surface area (Å²) in [6.07, 6.45) is 3.82. The Labute approximate surface area is 179 Å². The van der Waals surface area contributed by atoms with Crippen molar-refractivity contribution in [2.45, 2.75) is 57.9 Å². The quantitative estimate of drug-likeness (QED) is 0.527. The van der Waals surface area contributed by atoms with Crippen LogP contribution in [0.2, 0.25) is 0 Å². The van der Waals surface area contributed by atoms with E-state index in [9.17, 15) is 14.7 Å². The Morgan fingerprint density at radius 2 is 1.87 bits per heavy atom. The van der Waals surface area contributed by atoms with E-state index in [0.717, 1.165) is 19.3 Å². The molecule has 7 nitrogen and oxygen atoms in total. The lowest BCUT2D eigenvalue weighted by molar-refractivity contribution is -0.130. The van der Waals surface area contributed by atoms with E-state index in [1.165, 1.54) is 11.1 Å². The van der Waals surface area contributed by atoms with E-state index in [2.05, 4.69) is 36.6 Å². The van der Waals surface area contributed by atoms with Crippen molar-refractivity contribution in [3.63, 3.8) is 0 Å². The number of fused-ring (bicyclic) bond motifs is 1. The molecule has 0 spiro atoms. The van der Waals surface area contributed by atoms with Crippen LogP contribution in [0.15, 0.2) is 24.3 Å². The normalized spacial score (nSPS) is 20.5. The molecule has 1 saturated heterocycles. The number of carbonyl (C=O) groups is 2. The highest BCUT2D eigenvalue weighted by molar-refractivity contribution is 6.47. The van der Waals surface area contributed by atoms with Gasteiger partial charge in [-0.1, -0.05) is 38.1 Å². The van der Waals surface area contributed by atoms with Gasteiger partial charge in [-0.25, -0.2) is 0 Å². The second-order valence-corrected chi connectivity index (χ2v) is 8.74. The van der Waals surface area contributed by atoms with Crippen LogP contribution in [-0.4, -0.2) is 55.8 Å². The Kier molecular flexibility index (Phi) is 8.30. The van der Waals surface area contributed by atoms with Crippen molar-refractivity contribution in [1.29, 1.82) is 0 Å². The highest BCUT2D eigenvalue weighted by atomic mass is 16.6. The first-order chi connectivity index (χ1) is 14.5. The SMILES string of the molecule is CC(C)CC(NC(=O)C(CO)NC(=O)CC1CCc2ccccc2C1)B1OCCO1. The molecule has 0 bridgehead atoms. The first kappa shape index (κ1) is 22.8. The first-order valence-electron chi connectivity index (χ1n) is 11.0. The number of hydrogen-bond donors (Lipinski definition) is 3. The average molecular weight is 416 g/mol. The molecule has 2 aliphatic rings. The van der Waals surface area contributed by atoms with Gasteiger partial charge < -0.3 is 25.0 Å². The average Bonchev–Trinajstić information content (AvgIpc) is 3.26. The summed E-state index contributed by atoms with van der Waals surface area (Å²) in [5.74, 6) is -0.358. The van der Waals surface area contributed by atoms with Gasteiger partial charge in [-0.3, -0.25) is 9.59 Å². The van der Waals surface area contributed by atoms with Crippen molar-refractivity contribution in [2.75, 3.05) is 19.8 Å². The molecule has 3 atom stereocenters. The Morgan fingerprint density at radius 3 is 2.53 bits per heavy atom. The molecule has 30 heavy (non-hydrogen) atoms. The fourth-order valence-electron chi connectivity index (χ4n) is 4.30. The van der Waals surface area contributed by atoms with E-state index in [-0.39, 0.29) is 17.8 Å². The molecular weight excluding hydrogens is 383 g/mol. The molecule has 0 saturated carbocycles. The third kappa shape index (κ3) is 6.30. The number of aliphatic hydroxyl groups excluding tert-OH is 1. The molecule has 3 rings (SSSR count). The summed E-state index contributed by atoms with van der Waals surface area (Å²) < 4.78 is 11.1. The van der Waals surface area contributed by atoms with E-state index >= 15 is 0 Å².